The van der Waals surface area contributed by atoms with Gasteiger partial charge in [-0.25, -0.2) is 0 Å². The highest BCUT2D eigenvalue weighted by Crippen LogP contribution is 2.33. The second-order valence-corrected chi connectivity index (χ2v) is 8.97. The molecule has 34 heavy (non-hydrogen) atoms. The minimum absolute atomic E-state index is 0.0472. The van der Waals surface area contributed by atoms with Crippen LogP contribution in [0.1, 0.15) is 43.0 Å². The normalized spacial score (nSPS) is 19.7. The topological polar surface area (TPSA) is 109 Å². The summed E-state index contributed by atoms with van der Waals surface area (Å²) < 4.78 is 5.33. The van der Waals surface area contributed by atoms with Crippen LogP contribution in [0.25, 0.3) is 10.9 Å². The van der Waals surface area contributed by atoms with Crippen molar-refractivity contribution >= 4 is 16.9 Å². The van der Waals surface area contributed by atoms with Crippen molar-refractivity contribution in [2.24, 2.45) is 11.8 Å². The summed E-state index contributed by atoms with van der Waals surface area (Å²) in [7, 11) is 1.61. The molecule has 8 nitrogen and oxygen atoms in total. The van der Waals surface area contributed by atoms with E-state index >= 15 is 0 Å². The first kappa shape index (κ1) is 24.0. The number of aromatic nitrogens is 3. The maximum Gasteiger partial charge on any atom is 0.308 e. The fourth-order valence-corrected chi connectivity index (χ4v) is 4.93. The van der Waals surface area contributed by atoms with Crippen LogP contribution in [-0.2, 0) is 11.2 Å². The zero-order valence-corrected chi connectivity index (χ0v) is 19.5. The molecule has 1 fully saturated rings. The molecule has 3 aromatic rings. The van der Waals surface area contributed by atoms with Crippen LogP contribution in [0.5, 0.6) is 5.75 Å². The highest BCUT2D eigenvalue weighted by Gasteiger charge is 2.34. The molecule has 2 N–H and O–H groups in total. The number of rotatable bonds is 10. The van der Waals surface area contributed by atoms with Gasteiger partial charge >= 0.3 is 5.97 Å². The number of aliphatic hydroxyl groups excluding tert-OH is 1. The van der Waals surface area contributed by atoms with Crippen LogP contribution in [0.3, 0.4) is 0 Å². The minimum atomic E-state index is -0.753. The summed E-state index contributed by atoms with van der Waals surface area (Å²) in [6.07, 6.45) is 9.91. The quantitative estimate of drug-likeness (QED) is 0.469. The molecule has 0 amide bonds. The number of likely N-dealkylation sites (tertiary alicyclic amines) is 1. The lowest BCUT2D eigenvalue weighted by Gasteiger charge is -2.37. The first-order chi connectivity index (χ1) is 16.5. The number of carboxylic acid groups (broad SMARTS) is 1. The molecule has 1 aliphatic heterocycles. The van der Waals surface area contributed by atoms with E-state index in [0.29, 0.717) is 25.1 Å². The van der Waals surface area contributed by atoms with Gasteiger partial charge in [0.2, 0.25) is 0 Å². The van der Waals surface area contributed by atoms with Gasteiger partial charge in [0.15, 0.2) is 0 Å². The van der Waals surface area contributed by atoms with Gasteiger partial charge in [0.1, 0.15) is 5.75 Å². The van der Waals surface area contributed by atoms with Crippen molar-refractivity contribution in [3.05, 3.63) is 60.3 Å². The van der Waals surface area contributed by atoms with E-state index < -0.39 is 18.0 Å². The summed E-state index contributed by atoms with van der Waals surface area (Å²) >= 11 is 0. The van der Waals surface area contributed by atoms with Crippen molar-refractivity contribution in [2.45, 2.75) is 38.2 Å². The van der Waals surface area contributed by atoms with E-state index in [1.807, 2.05) is 24.3 Å². The van der Waals surface area contributed by atoms with E-state index in [4.69, 9.17) is 4.74 Å². The predicted molar refractivity (Wildman–Crippen MR) is 129 cm³/mol. The zero-order valence-electron chi connectivity index (χ0n) is 19.5. The van der Waals surface area contributed by atoms with Gasteiger partial charge in [-0.1, -0.05) is 0 Å². The zero-order chi connectivity index (χ0) is 23.9. The summed E-state index contributed by atoms with van der Waals surface area (Å²) in [4.78, 5) is 27.1. The third-order valence-electron chi connectivity index (χ3n) is 6.83. The molecule has 180 valence electrons. The molecule has 0 aliphatic carbocycles. The van der Waals surface area contributed by atoms with Crippen LogP contribution in [0.15, 0.2) is 49.1 Å². The summed E-state index contributed by atoms with van der Waals surface area (Å²) in [6, 6.07) is 7.45. The molecule has 8 heteroatoms. The number of aliphatic hydroxyl groups is 1. The number of aliphatic carboxylic acids is 1. The molecular weight excluding hydrogens is 432 g/mol. The fourth-order valence-electron chi connectivity index (χ4n) is 4.93. The van der Waals surface area contributed by atoms with E-state index in [-0.39, 0.29) is 5.92 Å². The molecule has 3 atom stereocenters. The molecule has 0 spiro atoms. The molecule has 3 heterocycles. The number of ether oxygens (including phenoxy) is 1. The monoisotopic (exact) mass is 464 g/mol. The number of benzene rings is 1. The SMILES string of the molecule is COc1ccc2nccc([C@@H](O)CC[C@@H]3CCN(CCCc4cnccn4)C[C@@H]3C(=O)O)c2c1. The van der Waals surface area contributed by atoms with Gasteiger partial charge in [0.05, 0.1) is 30.3 Å². The number of pyridine rings is 1. The van der Waals surface area contributed by atoms with Crippen LogP contribution in [-0.4, -0.2) is 62.8 Å². The Kier molecular flexibility index (Phi) is 8.03. The molecule has 1 aliphatic rings. The summed E-state index contributed by atoms with van der Waals surface area (Å²) in [6.45, 7) is 2.27. The number of hydrogen-bond donors (Lipinski definition) is 2. The van der Waals surface area contributed by atoms with Gasteiger partial charge in [-0.3, -0.25) is 19.7 Å². The van der Waals surface area contributed by atoms with Crippen molar-refractivity contribution in [3.8, 4) is 5.75 Å². The van der Waals surface area contributed by atoms with Gasteiger partial charge in [0, 0.05) is 36.7 Å². The molecule has 1 aromatic carbocycles. The number of piperidine rings is 1. The fraction of sp³-hybridized carbons (Fsp3) is 0.462. The minimum Gasteiger partial charge on any atom is -0.497 e. The van der Waals surface area contributed by atoms with Crippen LogP contribution in [0.4, 0.5) is 0 Å². The number of methoxy groups -OCH3 is 1. The third-order valence-corrected chi connectivity index (χ3v) is 6.83. The van der Waals surface area contributed by atoms with Crippen molar-refractivity contribution in [2.75, 3.05) is 26.7 Å². The lowest BCUT2D eigenvalue weighted by Crippen LogP contribution is -2.44. The van der Waals surface area contributed by atoms with E-state index in [1.54, 1.807) is 31.9 Å². The molecular formula is C26H32N4O4. The molecule has 1 saturated heterocycles. The van der Waals surface area contributed by atoms with Crippen LogP contribution < -0.4 is 4.74 Å². The second kappa shape index (κ2) is 11.4. The molecule has 2 aromatic heterocycles. The third kappa shape index (κ3) is 5.87. The average Bonchev–Trinajstić information content (AvgIpc) is 2.87. The molecule has 0 saturated carbocycles. The maximum atomic E-state index is 12.0. The molecule has 0 bridgehead atoms. The van der Waals surface area contributed by atoms with E-state index in [2.05, 4.69) is 19.9 Å². The highest BCUT2D eigenvalue weighted by atomic mass is 16.5. The van der Waals surface area contributed by atoms with Crippen molar-refractivity contribution in [1.82, 2.24) is 19.9 Å². The number of aryl methyl sites for hydroxylation is 1. The number of nitrogens with zero attached hydrogens (tertiary/aromatic N) is 4. The van der Waals surface area contributed by atoms with E-state index in [0.717, 1.165) is 54.5 Å². The van der Waals surface area contributed by atoms with Crippen molar-refractivity contribution in [3.63, 3.8) is 0 Å². The maximum absolute atomic E-state index is 12.0. The number of fused-ring (bicyclic) bond motifs is 1. The Morgan fingerprint density at radius 2 is 2.12 bits per heavy atom. The van der Waals surface area contributed by atoms with Gasteiger partial charge in [-0.05, 0) is 80.9 Å². The molecule has 4 rings (SSSR count). The van der Waals surface area contributed by atoms with Gasteiger partial charge < -0.3 is 19.8 Å². The Morgan fingerprint density at radius 1 is 1.24 bits per heavy atom. The van der Waals surface area contributed by atoms with Gasteiger partial charge in [-0.2, -0.15) is 0 Å². The largest absolute Gasteiger partial charge is 0.497 e. The Bertz CT molecular complexity index is 1090. The standard InChI is InChI=1S/C26H32N4O4/c1-34-20-5-6-24-22(15-20)21(8-10-29-24)25(31)7-4-18-9-14-30(17-23(18)26(32)33)13-2-3-19-16-27-11-12-28-19/h5-6,8,10-12,15-16,18,23,25,31H,2-4,7,9,13-14,17H2,1H3,(H,32,33)/t18-,23+,25+/m1/s1. The first-order valence-electron chi connectivity index (χ1n) is 11.9. The average molecular weight is 465 g/mol. The lowest BCUT2D eigenvalue weighted by molar-refractivity contribution is -0.146. The first-order valence-corrected chi connectivity index (χ1v) is 11.9. The molecule has 0 unspecified atom stereocenters. The predicted octanol–water partition coefficient (Wildman–Crippen LogP) is 3.50. The Balaban J connectivity index is 1.34. The number of carboxylic acids is 1. The number of carbonyl (C=O) groups is 1. The van der Waals surface area contributed by atoms with Crippen molar-refractivity contribution < 1.29 is 19.7 Å². The summed E-state index contributed by atoms with van der Waals surface area (Å²) in [5.74, 6) is -0.415. The Hall–Kier alpha value is -3.10. The molecule has 0 radical (unpaired) electrons. The van der Waals surface area contributed by atoms with Crippen LogP contribution >= 0.6 is 0 Å². The van der Waals surface area contributed by atoms with Crippen LogP contribution in [0.2, 0.25) is 0 Å². The number of hydrogen-bond acceptors (Lipinski definition) is 7. The smallest absolute Gasteiger partial charge is 0.308 e. The lowest BCUT2D eigenvalue weighted by atomic mass is 9.81. The highest BCUT2D eigenvalue weighted by molar-refractivity contribution is 5.83. The summed E-state index contributed by atoms with van der Waals surface area (Å²) in [5.41, 5.74) is 2.56. The van der Waals surface area contributed by atoms with E-state index in [9.17, 15) is 15.0 Å². The van der Waals surface area contributed by atoms with Gasteiger partial charge in [0.25, 0.3) is 0 Å². The Morgan fingerprint density at radius 3 is 2.88 bits per heavy atom. The van der Waals surface area contributed by atoms with Crippen LogP contribution in [0, 0.1) is 11.8 Å². The van der Waals surface area contributed by atoms with Gasteiger partial charge in [-0.15, -0.1) is 0 Å². The second-order valence-electron chi connectivity index (χ2n) is 8.97. The Labute approximate surface area is 199 Å². The van der Waals surface area contributed by atoms with E-state index in [1.165, 1.54) is 0 Å². The van der Waals surface area contributed by atoms with Crippen molar-refractivity contribution in [1.29, 1.82) is 0 Å². The summed E-state index contributed by atoms with van der Waals surface area (Å²) in [5, 5.41) is 21.7.